The van der Waals surface area contributed by atoms with E-state index < -0.39 is 0 Å². The Kier molecular flexibility index (Phi) is 5.20. The molecule has 29 heavy (non-hydrogen) atoms. The van der Waals surface area contributed by atoms with Crippen LogP contribution in [0.15, 0.2) is 42.5 Å². The summed E-state index contributed by atoms with van der Waals surface area (Å²) in [4.78, 5) is 26.8. The Hall–Kier alpha value is -3.35. The maximum absolute atomic E-state index is 13.4. The number of aromatic nitrogens is 2. The van der Waals surface area contributed by atoms with Crippen molar-refractivity contribution in [2.45, 2.75) is 13.3 Å². The van der Waals surface area contributed by atoms with Crippen LogP contribution in [-0.4, -0.2) is 49.7 Å². The predicted octanol–water partition coefficient (Wildman–Crippen LogP) is 3.52. The first-order valence-corrected chi connectivity index (χ1v) is 9.73. The van der Waals surface area contributed by atoms with Crippen LogP contribution in [0.1, 0.15) is 23.7 Å². The molecule has 1 aromatic heterocycles. The van der Waals surface area contributed by atoms with Crippen molar-refractivity contribution in [3.05, 3.63) is 48.0 Å². The first kappa shape index (κ1) is 19.0. The van der Waals surface area contributed by atoms with Crippen molar-refractivity contribution in [1.82, 2.24) is 9.97 Å². The third kappa shape index (κ3) is 3.55. The van der Waals surface area contributed by atoms with E-state index in [0.29, 0.717) is 41.8 Å². The number of anilines is 2. The van der Waals surface area contributed by atoms with Crippen molar-refractivity contribution in [2.75, 3.05) is 43.7 Å². The summed E-state index contributed by atoms with van der Waals surface area (Å²) < 4.78 is 11.0. The molecule has 2 aromatic carbocycles. The lowest BCUT2D eigenvalue weighted by molar-refractivity contribution is 0.0986. The second-order valence-electron chi connectivity index (χ2n) is 6.89. The highest BCUT2D eigenvalue weighted by molar-refractivity contribution is 6.07. The monoisotopic (exact) mass is 392 g/mol. The van der Waals surface area contributed by atoms with Gasteiger partial charge in [-0.15, -0.1) is 0 Å². The molecule has 0 fully saturated rings. The number of fused-ring (bicyclic) bond motifs is 2. The van der Waals surface area contributed by atoms with Gasteiger partial charge in [-0.1, -0.05) is 12.1 Å². The van der Waals surface area contributed by atoms with Crippen LogP contribution in [0, 0.1) is 0 Å². The lowest BCUT2D eigenvalue weighted by Gasteiger charge is -2.23. The Morgan fingerprint density at radius 3 is 2.45 bits per heavy atom. The maximum atomic E-state index is 13.4. The van der Waals surface area contributed by atoms with Crippen molar-refractivity contribution < 1.29 is 14.3 Å². The smallest absolute Gasteiger partial charge is 0.259 e. The number of carbonyl (C=O) groups excluding carboxylic acids is 1. The fourth-order valence-electron chi connectivity index (χ4n) is 3.53. The van der Waals surface area contributed by atoms with Crippen molar-refractivity contribution in [3.63, 3.8) is 0 Å². The molecule has 0 unspecified atom stereocenters. The summed E-state index contributed by atoms with van der Waals surface area (Å²) in [5.41, 5.74) is 2.11. The Morgan fingerprint density at radius 2 is 1.76 bits per heavy atom. The molecule has 0 N–H and O–H groups in total. The molecule has 0 saturated carbocycles. The number of carbonyl (C=O) groups is 1. The third-order valence-corrected chi connectivity index (χ3v) is 4.98. The van der Waals surface area contributed by atoms with Crippen LogP contribution in [0.3, 0.4) is 0 Å². The molecule has 0 aliphatic carbocycles. The first-order valence-electron chi connectivity index (χ1n) is 9.73. The van der Waals surface area contributed by atoms with Gasteiger partial charge in [0.25, 0.3) is 5.91 Å². The van der Waals surface area contributed by atoms with Crippen molar-refractivity contribution in [1.29, 1.82) is 0 Å². The number of rotatable bonds is 4. The summed E-state index contributed by atoms with van der Waals surface area (Å²) in [5, 5.41) is 0. The minimum absolute atomic E-state index is 0.132. The number of nitrogens with zero attached hydrogens (tertiary/aromatic N) is 4. The van der Waals surface area contributed by atoms with Crippen LogP contribution < -0.4 is 19.3 Å². The maximum Gasteiger partial charge on any atom is 0.259 e. The summed E-state index contributed by atoms with van der Waals surface area (Å²) in [7, 11) is 3.55. The van der Waals surface area contributed by atoms with Gasteiger partial charge < -0.3 is 14.4 Å². The molecule has 4 rings (SSSR count). The topological polar surface area (TPSA) is 67.8 Å². The molecule has 0 spiro atoms. The average molecular weight is 392 g/mol. The van der Waals surface area contributed by atoms with Crippen molar-refractivity contribution in [3.8, 4) is 11.5 Å². The highest BCUT2D eigenvalue weighted by Crippen LogP contribution is 2.33. The second-order valence-corrected chi connectivity index (χ2v) is 6.89. The van der Waals surface area contributed by atoms with E-state index in [1.54, 1.807) is 30.2 Å². The van der Waals surface area contributed by atoms with Gasteiger partial charge in [0, 0.05) is 25.7 Å². The van der Waals surface area contributed by atoms with Gasteiger partial charge >= 0.3 is 0 Å². The van der Waals surface area contributed by atoms with Crippen LogP contribution in [0.5, 0.6) is 11.5 Å². The highest BCUT2D eigenvalue weighted by Gasteiger charge is 2.28. The fourth-order valence-corrected chi connectivity index (χ4v) is 3.53. The van der Waals surface area contributed by atoms with E-state index in [2.05, 4.69) is 4.90 Å². The summed E-state index contributed by atoms with van der Waals surface area (Å²) in [6.45, 7) is 3.80. The molecule has 1 aliphatic heterocycles. The van der Waals surface area contributed by atoms with E-state index in [0.717, 1.165) is 24.0 Å². The number of ether oxygens (including phenoxy) is 2. The number of amides is 1. The molecular formula is C22H24N4O3. The number of benzene rings is 2. The summed E-state index contributed by atoms with van der Waals surface area (Å²) in [5.74, 6) is 2.32. The molecule has 0 saturated heterocycles. The van der Waals surface area contributed by atoms with Gasteiger partial charge in [-0.25, -0.2) is 9.97 Å². The zero-order chi connectivity index (χ0) is 20.4. The van der Waals surface area contributed by atoms with Crippen LogP contribution in [0.4, 0.5) is 11.6 Å². The van der Waals surface area contributed by atoms with Crippen LogP contribution in [0.25, 0.3) is 11.0 Å². The molecule has 2 heterocycles. The normalized spacial score (nSPS) is 13.8. The molecule has 0 radical (unpaired) electrons. The molecule has 7 heteroatoms. The molecule has 1 amide bonds. The lowest BCUT2D eigenvalue weighted by atomic mass is 10.1. The predicted molar refractivity (Wildman–Crippen MR) is 113 cm³/mol. The van der Waals surface area contributed by atoms with Gasteiger partial charge in [0.15, 0.2) is 23.1 Å². The Bertz CT molecular complexity index is 1050. The number of hydrogen-bond acceptors (Lipinski definition) is 6. The molecule has 1 aliphatic rings. The number of para-hydroxylation sites is 2. The van der Waals surface area contributed by atoms with Crippen LogP contribution >= 0.6 is 0 Å². The van der Waals surface area contributed by atoms with E-state index >= 15 is 0 Å². The van der Waals surface area contributed by atoms with Crippen LogP contribution in [-0.2, 0) is 0 Å². The quantitative estimate of drug-likeness (QED) is 0.677. The molecular weight excluding hydrogens is 368 g/mol. The molecule has 0 atom stereocenters. The van der Waals surface area contributed by atoms with Gasteiger partial charge in [0.05, 0.1) is 24.8 Å². The van der Waals surface area contributed by atoms with Gasteiger partial charge in [-0.05, 0) is 43.7 Å². The SMILES string of the molecule is CCOc1ccc(C(=O)N2CCCN(C)c3nc4ccccc4nc32)cc1OC. The summed E-state index contributed by atoms with van der Waals surface area (Å²) in [6, 6.07) is 13.0. The van der Waals surface area contributed by atoms with Crippen LogP contribution in [0.2, 0.25) is 0 Å². The zero-order valence-electron chi connectivity index (χ0n) is 16.9. The minimum Gasteiger partial charge on any atom is -0.493 e. The van der Waals surface area contributed by atoms with Gasteiger partial charge in [0.1, 0.15) is 0 Å². The van der Waals surface area contributed by atoms with Crippen molar-refractivity contribution >= 4 is 28.6 Å². The Balaban J connectivity index is 1.78. The van der Waals surface area contributed by atoms with E-state index in [-0.39, 0.29) is 5.91 Å². The molecule has 3 aromatic rings. The zero-order valence-corrected chi connectivity index (χ0v) is 16.9. The van der Waals surface area contributed by atoms with Gasteiger partial charge in [-0.2, -0.15) is 0 Å². The van der Waals surface area contributed by atoms with E-state index in [1.807, 2.05) is 38.2 Å². The standard InChI is InChI=1S/C22H24N4O3/c1-4-29-18-11-10-15(14-19(18)28-3)22(27)26-13-7-12-25(2)20-21(26)24-17-9-6-5-8-16(17)23-20/h5-6,8-11,14H,4,7,12-13H2,1-3H3. The first-order chi connectivity index (χ1) is 14.1. The second kappa shape index (κ2) is 7.95. The Labute approximate surface area is 169 Å². The summed E-state index contributed by atoms with van der Waals surface area (Å²) in [6.07, 6.45) is 0.824. The number of hydrogen-bond donors (Lipinski definition) is 0. The fraction of sp³-hybridized carbons (Fsp3) is 0.318. The van der Waals surface area contributed by atoms with E-state index in [9.17, 15) is 4.79 Å². The molecule has 150 valence electrons. The molecule has 0 bridgehead atoms. The largest absolute Gasteiger partial charge is 0.493 e. The third-order valence-electron chi connectivity index (χ3n) is 4.98. The van der Waals surface area contributed by atoms with E-state index in [1.165, 1.54) is 0 Å². The molecule has 7 nitrogen and oxygen atoms in total. The highest BCUT2D eigenvalue weighted by atomic mass is 16.5. The van der Waals surface area contributed by atoms with Gasteiger partial charge in [-0.3, -0.25) is 9.69 Å². The minimum atomic E-state index is -0.132. The lowest BCUT2D eigenvalue weighted by Crippen LogP contribution is -2.32. The average Bonchev–Trinajstić information content (AvgIpc) is 2.91. The Morgan fingerprint density at radius 1 is 1.03 bits per heavy atom. The van der Waals surface area contributed by atoms with Gasteiger partial charge in [0.2, 0.25) is 0 Å². The van der Waals surface area contributed by atoms with E-state index in [4.69, 9.17) is 19.4 Å². The number of methoxy groups -OCH3 is 1. The summed E-state index contributed by atoms with van der Waals surface area (Å²) >= 11 is 0. The van der Waals surface area contributed by atoms with Crippen molar-refractivity contribution in [2.24, 2.45) is 0 Å².